The molecule has 0 aliphatic heterocycles. The van der Waals surface area contributed by atoms with Crippen LogP contribution in [0.3, 0.4) is 0 Å². The lowest BCUT2D eigenvalue weighted by atomic mass is 10.2. The van der Waals surface area contributed by atoms with Gasteiger partial charge in [-0.1, -0.05) is 13.8 Å². The number of anilines is 1. The predicted octanol–water partition coefficient (Wildman–Crippen LogP) is 2.38. The van der Waals surface area contributed by atoms with E-state index in [1.54, 1.807) is 7.11 Å². The summed E-state index contributed by atoms with van der Waals surface area (Å²) in [5, 5.41) is 3.40. The second kappa shape index (κ2) is 6.53. The lowest BCUT2D eigenvalue weighted by Gasteiger charge is -2.16. The monoisotopic (exact) mass is 225 g/mol. The number of aromatic nitrogens is 2. The Hall–Kier alpha value is -1.03. The van der Waals surface area contributed by atoms with Gasteiger partial charge in [0.25, 0.3) is 0 Å². The molecule has 92 valence electrons. The van der Waals surface area contributed by atoms with E-state index in [9.17, 15) is 0 Å². The minimum absolute atomic E-state index is 0.383. The summed E-state index contributed by atoms with van der Waals surface area (Å²) in [6, 6.07) is 0.383. The van der Waals surface area contributed by atoms with E-state index in [4.69, 9.17) is 4.74 Å². The predicted molar refractivity (Wildman–Crippen MR) is 66.6 cm³/mol. The van der Waals surface area contributed by atoms with Gasteiger partial charge in [0, 0.05) is 38.7 Å². The van der Waals surface area contributed by atoms with Crippen LogP contribution in [0.5, 0.6) is 0 Å². The first-order valence-electron chi connectivity index (χ1n) is 5.90. The van der Waals surface area contributed by atoms with E-state index in [2.05, 4.69) is 35.6 Å². The Morgan fingerprint density at radius 2 is 2.19 bits per heavy atom. The van der Waals surface area contributed by atoms with Crippen LogP contribution in [0.25, 0.3) is 0 Å². The fourth-order valence-electron chi connectivity index (χ4n) is 1.58. The SMILES string of the molecule is COCCC(C)Nc1nccn1CC(C)C. The number of imidazole rings is 1. The molecule has 16 heavy (non-hydrogen) atoms. The summed E-state index contributed by atoms with van der Waals surface area (Å²) in [4.78, 5) is 4.33. The average Bonchev–Trinajstić information content (AvgIpc) is 2.62. The molecule has 0 aliphatic rings. The molecule has 0 amide bonds. The van der Waals surface area contributed by atoms with Gasteiger partial charge < -0.3 is 14.6 Å². The number of methoxy groups -OCH3 is 1. The molecule has 4 heteroatoms. The number of hydrogen-bond acceptors (Lipinski definition) is 3. The van der Waals surface area contributed by atoms with Gasteiger partial charge in [0.05, 0.1) is 0 Å². The minimum Gasteiger partial charge on any atom is -0.385 e. The molecule has 1 atom stereocenters. The van der Waals surface area contributed by atoms with Gasteiger partial charge in [-0.15, -0.1) is 0 Å². The lowest BCUT2D eigenvalue weighted by molar-refractivity contribution is 0.191. The first-order valence-corrected chi connectivity index (χ1v) is 5.90. The van der Waals surface area contributed by atoms with Crippen LogP contribution in [0.15, 0.2) is 12.4 Å². The third-order valence-electron chi connectivity index (χ3n) is 2.41. The largest absolute Gasteiger partial charge is 0.385 e. The van der Waals surface area contributed by atoms with E-state index < -0.39 is 0 Å². The van der Waals surface area contributed by atoms with Crippen LogP contribution in [0.2, 0.25) is 0 Å². The van der Waals surface area contributed by atoms with E-state index in [0.29, 0.717) is 12.0 Å². The highest BCUT2D eigenvalue weighted by Gasteiger charge is 2.07. The number of rotatable bonds is 7. The first-order chi connectivity index (χ1) is 7.63. The number of nitrogens with one attached hydrogen (secondary N) is 1. The summed E-state index contributed by atoms with van der Waals surface area (Å²) >= 11 is 0. The lowest BCUT2D eigenvalue weighted by Crippen LogP contribution is -2.20. The van der Waals surface area contributed by atoms with Gasteiger partial charge in [-0.3, -0.25) is 0 Å². The van der Waals surface area contributed by atoms with Gasteiger partial charge in [0.2, 0.25) is 5.95 Å². The van der Waals surface area contributed by atoms with Gasteiger partial charge in [-0.05, 0) is 19.3 Å². The third kappa shape index (κ3) is 4.23. The molecule has 1 N–H and O–H groups in total. The smallest absolute Gasteiger partial charge is 0.202 e. The van der Waals surface area contributed by atoms with Gasteiger partial charge in [-0.25, -0.2) is 4.98 Å². The standard InChI is InChI=1S/C12H23N3O/c1-10(2)9-15-7-6-13-12(15)14-11(3)5-8-16-4/h6-7,10-11H,5,8-9H2,1-4H3,(H,13,14). The molecule has 0 aromatic carbocycles. The second-order valence-electron chi connectivity index (χ2n) is 4.62. The van der Waals surface area contributed by atoms with Crippen molar-refractivity contribution in [1.29, 1.82) is 0 Å². The molecule has 4 nitrogen and oxygen atoms in total. The van der Waals surface area contributed by atoms with Crippen LogP contribution in [0.4, 0.5) is 5.95 Å². The van der Waals surface area contributed by atoms with Gasteiger partial charge in [0.1, 0.15) is 0 Å². The highest BCUT2D eigenvalue weighted by molar-refractivity contribution is 5.27. The summed E-state index contributed by atoms with van der Waals surface area (Å²) in [6.07, 6.45) is 4.85. The maximum atomic E-state index is 5.06. The van der Waals surface area contributed by atoms with E-state index >= 15 is 0 Å². The highest BCUT2D eigenvalue weighted by atomic mass is 16.5. The van der Waals surface area contributed by atoms with Crippen LogP contribution in [0.1, 0.15) is 27.2 Å². The van der Waals surface area contributed by atoms with Crippen LogP contribution < -0.4 is 5.32 Å². The zero-order valence-electron chi connectivity index (χ0n) is 10.7. The van der Waals surface area contributed by atoms with Gasteiger partial charge >= 0.3 is 0 Å². The van der Waals surface area contributed by atoms with Gasteiger partial charge in [0.15, 0.2) is 0 Å². The van der Waals surface area contributed by atoms with E-state index in [-0.39, 0.29) is 0 Å². The number of ether oxygens (including phenoxy) is 1. The molecule has 1 aromatic heterocycles. The molecule has 1 heterocycles. The third-order valence-corrected chi connectivity index (χ3v) is 2.41. The summed E-state index contributed by atoms with van der Waals surface area (Å²) in [5.74, 6) is 1.58. The normalized spacial score (nSPS) is 13.1. The molecule has 1 aromatic rings. The maximum absolute atomic E-state index is 5.06. The molecular weight excluding hydrogens is 202 g/mol. The highest BCUT2D eigenvalue weighted by Crippen LogP contribution is 2.10. The van der Waals surface area contributed by atoms with Crippen molar-refractivity contribution in [3.63, 3.8) is 0 Å². The Bertz CT molecular complexity index is 296. The van der Waals surface area contributed by atoms with Crippen molar-refractivity contribution >= 4 is 5.95 Å². The fraction of sp³-hybridized carbons (Fsp3) is 0.750. The van der Waals surface area contributed by atoms with Crippen molar-refractivity contribution in [2.45, 2.75) is 39.8 Å². The molecule has 1 unspecified atom stereocenters. The Kier molecular flexibility index (Phi) is 5.32. The van der Waals surface area contributed by atoms with Crippen LogP contribution in [-0.4, -0.2) is 29.3 Å². The quantitative estimate of drug-likeness (QED) is 0.774. The van der Waals surface area contributed by atoms with Crippen molar-refractivity contribution in [2.24, 2.45) is 5.92 Å². The molecule has 0 aliphatic carbocycles. The van der Waals surface area contributed by atoms with E-state index in [0.717, 1.165) is 25.5 Å². The van der Waals surface area contributed by atoms with Crippen LogP contribution in [0, 0.1) is 5.92 Å². The second-order valence-corrected chi connectivity index (χ2v) is 4.62. The Labute approximate surface area is 98.0 Å². The van der Waals surface area contributed by atoms with Crippen molar-refractivity contribution in [2.75, 3.05) is 19.0 Å². The Balaban J connectivity index is 2.49. The van der Waals surface area contributed by atoms with Crippen molar-refractivity contribution in [3.05, 3.63) is 12.4 Å². The molecular formula is C12H23N3O. The topological polar surface area (TPSA) is 39.1 Å². The summed E-state index contributed by atoms with van der Waals surface area (Å²) in [6.45, 7) is 8.34. The summed E-state index contributed by atoms with van der Waals surface area (Å²) in [7, 11) is 1.73. The molecule has 0 fully saturated rings. The Morgan fingerprint density at radius 1 is 1.44 bits per heavy atom. The zero-order valence-corrected chi connectivity index (χ0v) is 10.7. The van der Waals surface area contributed by atoms with Gasteiger partial charge in [-0.2, -0.15) is 0 Å². The summed E-state index contributed by atoms with van der Waals surface area (Å²) < 4.78 is 7.22. The molecule has 0 bridgehead atoms. The van der Waals surface area contributed by atoms with Crippen molar-refractivity contribution in [3.8, 4) is 0 Å². The molecule has 1 rings (SSSR count). The molecule has 0 saturated heterocycles. The van der Waals surface area contributed by atoms with Crippen molar-refractivity contribution in [1.82, 2.24) is 9.55 Å². The zero-order chi connectivity index (χ0) is 12.0. The first kappa shape index (κ1) is 13.0. The Morgan fingerprint density at radius 3 is 2.81 bits per heavy atom. The van der Waals surface area contributed by atoms with E-state index in [1.807, 2.05) is 12.4 Å². The summed E-state index contributed by atoms with van der Waals surface area (Å²) in [5.41, 5.74) is 0. The number of hydrogen-bond donors (Lipinski definition) is 1. The fourth-order valence-corrected chi connectivity index (χ4v) is 1.58. The minimum atomic E-state index is 0.383. The maximum Gasteiger partial charge on any atom is 0.202 e. The van der Waals surface area contributed by atoms with Crippen LogP contribution in [-0.2, 0) is 11.3 Å². The molecule has 0 spiro atoms. The average molecular weight is 225 g/mol. The van der Waals surface area contributed by atoms with Crippen LogP contribution >= 0.6 is 0 Å². The number of nitrogens with zero attached hydrogens (tertiary/aromatic N) is 2. The molecule has 0 radical (unpaired) electrons. The molecule has 0 saturated carbocycles. The van der Waals surface area contributed by atoms with E-state index in [1.165, 1.54) is 0 Å². The van der Waals surface area contributed by atoms with Crippen molar-refractivity contribution < 1.29 is 4.74 Å².